The average Bonchev–Trinajstić information content (AvgIpc) is 3.30. The molecule has 2 heterocycles. The number of nitrogens with zero attached hydrogens (tertiary/aromatic N) is 5. The molecule has 2 aromatic rings. The Morgan fingerprint density at radius 3 is 2.78 bits per heavy atom. The highest BCUT2D eigenvalue weighted by molar-refractivity contribution is 7.89. The standard InChI is InChI=1S/C14H15F3N6O3S/c15-14(16,17)8-18-13(24)12-5-2-6-23(12)27(25,26)11-4-1-3-10(7-11)22-9-19-20-21-22/h1,3-4,7,9,12H,2,5-6,8H2,(H,18,24). The molecular formula is C14H15F3N6O3S. The zero-order chi connectivity index (χ0) is 19.7. The van der Waals surface area contributed by atoms with Crippen LogP contribution in [0.25, 0.3) is 5.69 Å². The molecular weight excluding hydrogens is 389 g/mol. The number of hydrogen-bond donors (Lipinski definition) is 1. The Morgan fingerprint density at radius 2 is 2.11 bits per heavy atom. The van der Waals surface area contributed by atoms with Crippen LogP contribution in [0.5, 0.6) is 0 Å². The Hall–Kier alpha value is -2.54. The highest BCUT2D eigenvalue weighted by atomic mass is 32.2. The fourth-order valence-corrected chi connectivity index (χ4v) is 4.49. The third-order valence-electron chi connectivity index (χ3n) is 4.01. The van der Waals surface area contributed by atoms with Crippen LogP contribution in [0.1, 0.15) is 12.8 Å². The smallest absolute Gasteiger partial charge is 0.346 e. The summed E-state index contributed by atoms with van der Waals surface area (Å²) < 4.78 is 65.0. The van der Waals surface area contributed by atoms with Crippen LogP contribution in [0, 0.1) is 0 Å². The number of alkyl halides is 3. The first-order chi connectivity index (χ1) is 12.7. The van der Waals surface area contributed by atoms with Crippen molar-refractivity contribution < 1.29 is 26.4 Å². The minimum absolute atomic E-state index is 0.0432. The van der Waals surface area contributed by atoms with Gasteiger partial charge in [0.05, 0.1) is 10.6 Å². The van der Waals surface area contributed by atoms with Gasteiger partial charge in [-0.05, 0) is 41.5 Å². The number of carbonyl (C=O) groups excluding carboxylic acids is 1. The van der Waals surface area contributed by atoms with Crippen LogP contribution < -0.4 is 5.32 Å². The molecule has 146 valence electrons. The molecule has 1 aromatic carbocycles. The van der Waals surface area contributed by atoms with Crippen LogP contribution in [0.4, 0.5) is 13.2 Å². The molecule has 1 N–H and O–H groups in total. The fourth-order valence-electron chi connectivity index (χ4n) is 2.80. The monoisotopic (exact) mass is 404 g/mol. The molecule has 0 bridgehead atoms. The summed E-state index contributed by atoms with van der Waals surface area (Å²) in [5, 5.41) is 12.4. The summed E-state index contributed by atoms with van der Waals surface area (Å²) in [6.45, 7) is -1.47. The van der Waals surface area contributed by atoms with Crippen molar-refractivity contribution in [2.45, 2.75) is 30.0 Å². The van der Waals surface area contributed by atoms with Gasteiger partial charge in [-0.25, -0.2) is 13.1 Å². The van der Waals surface area contributed by atoms with E-state index >= 15 is 0 Å². The van der Waals surface area contributed by atoms with Gasteiger partial charge in [-0.15, -0.1) is 5.10 Å². The van der Waals surface area contributed by atoms with E-state index in [1.54, 1.807) is 11.4 Å². The quantitative estimate of drug-likeness (QED) is 0.777. The molecule has 1 aliphatic heterocycles. The van der Waals surface area contributed by atoms with E-state index in [-0.39, 0.29) is 17.9 Å². The van der Waals surface area contributed by atoms with Gasteiger partial charge in [0, 0.05) is 6.54 Å². The molecule has 0 spiro atoms. The lowest BCUT2D eigenvalue weighted by atomic mass is 10.2. The van der Waals surface area contributed by atoms with Gasteiger partial charge in [0.1, 0.15) is 18.9 Å². The number of halogens is 3. The molecule has 1 saturated heterocycles. The van der Waals surface area contributed by atoms with Crippen LogP contribution in [-0.2, 0) is 14.8 Å². The van der Waals surface area contributed by atoms with E-state index in [4.69, 9.17) is 0 Å². The van der Waals surface area contributed by atoms with Gasteiger partial charge in [-0.1, -0.05) is 6.07 Å². The second-order valence-corrected chi connectivity index (χ2v) is 7.75. The number of carbonyl (C=O) groups is 1. The van der Waals surface area contributed by atoms with Crippen LogP contribution >= 0.6 is 0 Å². The number of benzene rings is 1. The lowest BCUT2D eigenvalue weighted by Crippen LogP contribution is -2.47. The van der Waals surface area contributed by atoms with Gasteiger partial charge in [-0.2, -0.15) is 17.5 Å². The Morgan fingerprint density at radius 1 is 1.33 bits per heavy atom. The third-order valence-corrected chi connectivity index (χ3v) is 5.91. The second-order valence-electron chi connectivity index (χ2n) is 5.86. The molecule has 1 aliphatic rings. The first-order valence-electron chi connectivity index (χ1n) is 7.88. The highest BCUT2D eigenvalue weighted by Gasteiger charge is 2.40. The maximum atomic E-state index is 12.9. The SMILES string of the molecule is O=C(NCC(F)(F)F)C1CCCN1S(=O)(=O)c1cccc(-n2cnnn2)c1. The number of hydrogen-bond acceptors (Lipinski definition) is 6. The molecule has 13 heteroatoms. The van der Waals surface area contributed by atoms with Crippen molar-refractivity contribution in [1.29, 1.82) is 0 Å². The molecule has 3 rings (SSSR count). The average molecular weight is 404 g/mol. The van der Waals surface area contributed by atoms with Crippen molar-refractivity contribution >= 4 is 15.9 Å². The van der Waals surface area contributed by atoms with Crippen molar-refractivity contribution in [2.24, 2.45) is 0 Å². The summed E-state index contributed by atoms with van der Waals surface area (Å²) in [4.78, 5) is 12.0. The summed E-state index contributed by atoms with van der Waals surface area (Å²) in [5.74, 6) is -0.968. The van der Waals surface area contributed by atoms with E-state index in [9.17, 15) is 26.4 Å². The normalized spacial score (nSPS) is 18.6. The number of nitrogens with one attached hydrogen (secondary N) is 1. The molecule has 1 fully saturated rings. The molecule has 0 radical (unpaired) electrons. The van der Waals surface area contributed by atoms with Crippen molar-refractivity contribution in [3.63, 3.8) is 0 Å². The molecule has 9 nitrogen and oxygen atoms in total. The number of amides is 1. The molecule has 27 heavy (non-hydrogen) atoms. The Bertz CT molecular complexity index is 916. The molecule has 1 atom stereocenters. The van der Waals surface area contributed by atoms with Crippen molar-refractivity contribution in [3.8, 4) is 5.69 Å². The lowest BCUT2D eigenvalue weighted by Gasteiger charge is -2.23. The minimum Gasteiger partial charge on any atom is -0.346 e. The van der Waals surface area contributed by atoms with E-state index < -0.39 is 34.7 Å². The number of aromatic nitrogens is 4. The van der Waals surface area contributed by atoms with Crippen LogP contribution in [0.2, 0.25) is 0 Å². The summed E-state index contributed by atoms with van der Waals surface area (Å²) in [6, 6.07) is 4.56. The maximum absolute atomic E-state index is 12.9. The van der Waals surface area contributed by atoms with Crippen LogP contribution in [0.15, 0.2) is 35.5 Å². The van der Waals surface area contributed by atoms with Gasteiger partial charge in [0.2, 0.25) is 15.9 Å². The first kappa shape index (κ1) is 19.2. The van der Waals surface area contributed by atoms with E-state index in [1.165, 1.54) is 29.2 Å². The van der Waals surface area contributed by atoms with Gasteiger partial charge in [0.25, 0.3) is 0 Å². The summed E-state index contributed by atoms with van der Waals surface area (Å²) in [6.07, 6.45) is -2.77. The van der Waals surface area contributed by atoms with E-state index in [0.717, 1.165) is 4.31 Å². The van der Waals surface area contributed by atoms with E-state index in [0.29, 0.717) is 12.1 Å². The van der Waals surface area contributed by atoms with Crippen molar-refractivity contribution in [2.75, 3.05) is 13.1 Å². The third kappa shape index (κ3) is 4.24. The van der Waals surface area contributed by atoms with Crippen LogP contribution in [-0.4, -0.2) is 64.1 Å². The number of sulfonamides is 1. The topological polar surface area (TPSA) is 110 Å². The Labute approximate surface area is 152 Å². The first-order valence-corrected chi connectivity index (χ1v) is 9.32. The summed E-state index contributed by atoms with van der Waals surface area (Å²) in [5.41, 5.74) is 0.387. The largest absolute Gasteiger partial charge is 0.405 e. The van der Waals surface area contributed by atoms with E-state index in [2.05, 4.69) is 15.5 Å². The fraction of sp³-hybridized carbons (Fsp3) is 0.429. The summed E-state index contributed by atoms with van der Waals surface area (Å²) in [7, 11) is -4.09. The number of tetrazole rings is 1. The van der Waals surface area contributed by atoms with Crippen molar-refractivity contribution in [1.82, 2.24) is 29.8 Å². The van der Waals surface area contributed by atoms with Gasteiger partial charge < -0.3 is 5.32 Å². The van der Waals surface area contributed by atoms with Crippen molar-refractivity contribution in [3.05, 3.63) is 30.6 Å². The molecule has 1 aromatic heterocycles. The maximum Gasteiger partial charge on any atom is 0.405 e. The summed E-state index contributed by atoms with van der Waals surface area (Å²) >= 11 is 0. The van der Waals surface area contributed by atoms with Gasteiger partial charge in [0.15, 0.2) is 0 Å². The molecule has 0 saturated carbocycles. The second kappa shape index (κ2) is 7.23. The van der Waals surface area contributed by atoms with Gasteiger partial charge >= 0.3 is 6.18 Å². The Kier molecular flexibility index (Phi) is 5.15. The molecule has 0 aliphatic carbocycles. The predicted octanol–water partition coefficient (Wildman–Crippen LogP) is 0.494. The number of rotatable bonds is 5. The predicted molar refractivity (Wildman–Crippen MR) is 85.1 cm³/mol. The van der Waals surface area contributed by atoms with Crippen LogP contribution in [0.3, 0.4) is 0 Å². The zero-order valence-corrected chi connectivity index (χ0v) is 14.6. The zero-order valence-electron chi connectivity index (χ0n) is 13.8. The highest BCUT2D eigenvalue weighted by Crippen LogP contribution is 2.27. The molecule has 1 unspecified atom stereocenters. The Balaban J connectivity index is 1.83. The molecule has 1 amide bonds. The minimum atomic E-state index is -4.57. The lowest BCUT2D eigenvalue weighted by molar-refractivity contribution is -0.140. The van der Waals surface area contributed by atoms with Gasteiger partial charge in [-0.3, -0.25) is 4.79 Å². The van der Waals surface area contributed by atoms with E-state index in [1.807, 2.05) is 0 Å².